The van der Waals surface area contributed by atoms with Gasteiger partial charge in [0.15, 0.2) is 11.5 Å². The molecule has 0 aliphatic rings. The molecule has 0 atom stereocenters. The Morgan fingerprint density at radius 3 is 2.40 bits per heavy atom. The van der Waals surface area contributed by atoms with Crippen molar-refractivity contribution in [2.45, 2.75) is 6.61 Å². The predicted octanol–water partition coefficient (Wildman–Crippen LogP) is 2.92. The average Bonchev–Trinajstić information content (AvgIpc) is 2.66. The number of hydrogen-bond donors (Lipinski definition) is 1. The molecule has 0 saturated heterocycles. The Morgan fingerprint density at radius 2 is 1.76 bits per heavy atom. The maximum absolute atomic E-state index is 11.5. The van der Waals surface area contributed by atoms with Crippen LogP contribution in [0.1, 0.15) is 11.1 Å². The normalized spacial score (nSPS) is 10.9. The van der Waals surface area contributed by atoms with Gasteiger partial charge in [-0.1, -0.05) is 30.3 Å². The minimum atomic E-state index is -1.05. The Morgan fingerprint density at radius 1 is 1.04 bits per heavy atom. The lowest BCUT2D eigenvalue weighted by molar-refractivity contribution is -0.149. The molecule has 0 unspecified atom stereocenters. The van der Waals surface area contributed by atoms with Crippen LogP contribution in [0.4, 0.5) is 0 Å². The molecule has 0 aromatic heterocycles. The van der Waals surface area contributed by atoms with Gasteiger partial charge in [-0.25, -0.2) is 4.79 Å². The first kappa shape index (κ1) is 18.1. The molecular weight excluding hydrogens is 324 g/mol. The summed E-state index contributed by atoms with van der Waals surface area (Å²) in [6.45, 7) is 0.312. The van der Waals surface area contributed by atoms with E-state index in [9.17, 15) is 14.7 Å². The van der Waals surface area contributed by atoms with Gasteiger partial charge in [-0.15, -0.1) is 0 Å². The molecule has 0 radical (unpaired) electrons. The highest BCUT2D eigenvalue weighted by molar-refractivity contribution is 6.39. The van der Waals surface area contributed by atoms with E-state index in [1.807, 2.05) is 30.3 Å². The summed E-state index contributed by atoms with van der Waals surface area (Å²) in [5.41, 5.74) is 1.27. The van der Waals surface area contributed by atoms with E-state index in [4.69, 9.17) is 9.47 Å². The van der Waals surface area contributed by atoms with Crippen molar-refractivity contribution in [3.05, 3.63) is 65.7 Å². The molecule has 130 valence electrons. The average molecular weight is 342 g/mol. The van der Waals surface area contributed by atoms with Crippen LogP contribution in [0.2, 0.25) is 0 Å². The number of esters is 1. The van der Waals surface area contributed by atoms with Crippen LogP contribution >= 0.6 is 0 Å². The minimum absolute atomic E-state index is 0.307. The SMILES string of the molecule is COC(=O)C(=O)/C=C(\O)c1ccc(OC)c(OCc2ccccc2)c1. The van der Waals surface area contributed by atoms with E-state index in [0.29, 0.717) is 23.7 Å². The largest absolute Gasteiger partial charge is 0.507 e. The van der Waals surface area contributed by atoms with Gasteiger partial charge >= 0.3 is 5.97 Å². The van der Waals surface area contributed by atoms with Gasteiger partial charge in [-0.3, -0.25) is 4.79 Å². The van der Waals surface area contributed by atoms with Crippen molar-refractivity contribution in [2.75, 3.05) is 14.2 Å². The number of ketones is 1. The molecule has 1 N–H and O–H groups in total. The zero-order chi connectivity index (χ0) is 18.2. The predicted molar refractivity (Wildman–Crippen MR) is 91.4 cm³/mol. The molecule has 0 aliphatic heterocycles. The molecule has 6 nitrogen and oxygen atoms in total. The van der Waals surface area contributed by atoms with Gasteiger partial charge in [0.05, 0.1) is 14.2 Å². The number of aliphatic hydroxyl groups is 1. The molecule has 2 aromatic carbocycles. The molecule has 6 heteroatoms. The van der Waals surface area contributed by atoms with Gasteiger partial charge in [0.25, 0.3) is 5.78 Å². The summed E-state index contributed by atoms with van der Waals surface area (Å²) in [5.74, 6) is -1.51. The van der Waals surface area contributed by atoms with Gasteiger partial charge in [0.2, 0.25) is 0 Å². The van der Waals surface area contributed by atoms with E-state index < -0.39 is 11.8 Å². The summed E-state index contributed by atoms with van der Waals surface area (Å²) in [5, 5.41) is 10.0. The van der Waals surface area contributed by atoms with Crippen molar-refractivity contribution in [1.29, 1.82) is 0 Å². The highest BCUT2D eigenvalue weighted by Gasteiger charge is 2.14. The van der Waals surface area contributed by atoms with Crippen molar-refractivity contribution in [2.24, 2.45) is 0 Å². The van der Waals surface area contributed by atoms with E-state index in [1.165, 1.54) is 13.2 Å². The molecule has 0 amide bonds. The second kappa shape index (κ2) is 8.54. The number of hydrogen-bond acceptors (Lipinski definition) is 6. The number of aliphatic hydroxyl groups excluding tert-OH is 1. The highest BCUT2D eigenvalue weighted by atomic mass is 16.5. The first-order valence-corrected chi connectivity index (χ1v) is 7.43. The molecule has 2 rings (SSSR count). The molecule has 25 heavy (non-hydrogen) atoms. The zero-order valence-electron chi connectivity index (χ0n) is 13.9. The Bertz CT molecular complexity index is 780. The lowest BCUT2D eigenvalue weighted by Gasteiger charge is -2.12. The fourth-order valence-electron chi connectivity index (χ4n) is 2.05. The van der Waals surface area contributed by atoms with E-state index in [0.717, 1.165) is 18.7 Å². The van der Waals surface area contributed by atoms with Gasteiger partial charge in [0, 0.05) is 11.6 Å². The monoisotopic (exact) mass is 342 g/mol. The minimum Gasteiger partial charge on any atom is -0.507 e. The fourth-order valence-corrected chi connectivity index (χ4v) is 2.05. The van der Waals surface area contributed by atoms with Crippen molar-refractivity contribution in [1.82, 2.24) is 0 Å². The Balaban J connectivity index is 2.22. The summed E-state index contributed by atoms with van der Waals surface area (Å²) in [6.07, 6.45) is 0.800. The molecule has 2 aromatic rings. The molecule has 0 spiro atoms. The van der Waals surface area contributed by atoms with Crippen LogP contribution in [-0.4, -0.2) is 31.1 Å². The van der Waals surface area contributed by atoms with Gasteiger partial charge < -0.3 is 19.3 Å². The Kier molecular flexibility index (Phi) is 6.17. The quantitative estimate of drug-likeness (QED) is 0.361. The van der Waals surface area contributed by atoms with Crippen molar-refractivity contribution in [3.63, 3.8) is 0 Å². The fraction of sp³-hybridized carbons (Fsp3) is 0.158. The molecular formula is C19H18O6. The van der Waals surface area contributed by atoms with Crippen LogP contribution in [0, 0.1) is 0 Å². The number of benzene rings is 2. The van der Waals surface area contributed by atoms with Gasteiger partial charge in [0.1, 0.15) is 12.4 Å². The number of carbonyl (C=O) groups excluding carboxylic acids is 2. The van der Waals surface area contributed by atoms with Crippen LogP contribution < -0.4 is 9.47 Å². The maximum atomic E-state index is 11.5. The van der Waals surface area contributed by atoms with E-state index in [-0.39, 0.29) is 5.76 Å². The standard InChI is InChI=1S/C19H18O6/c1-23-17-9-8-14(15(20)11-16(21)19(22)24-2)10-18(17)25-12-13-6-4-3-5-7-13/h3-11,20H,12H2,1-2H3/b15-11-. The zero-order valence-corrected chi connectivity index (χ0v) is 13.9. The Labute approximate surface area is 145 Å². The molecule has 0 bridgehead atoms. The summed E-state index contributed by atoms with van der Waals surface area (Å²) in [7, 11) is 2.59. The number of carbonyl (C=O) groups is 2. The molecule has 0 heterocycles. The van der Waals surface area contributed by atoms with Crippen molar-refractivity contribution < 1.29 is 28.9 Å². The number of ether oxygens (including phenoxy) is 3. The van der Waals surface area contributed by atoms with Crippen LogP contribution in [0.15, 0.2) is 54.6 Å². The second-order valence-corrected chi connectivity index (χ2v) is 5.03. The van der Waals surface area contributed by atoms with Crippen molar-refractivity contribution >= 4 is 17.5 Å². The van der Waals surface area contributed by atoms with Crippen LogP contribution in [-0.2, 0) is 20.9 Å². The third-order valence-electron chi connectivity index (χ3n) is 3.35. The van der Waals surface area contributed by atoms with E-state index in [2.05, 4.69) is 4.74 Å². The number of rotatable bonds is 7. The van der Waals surface area contributed by atoms with Crippen molar-refractivity contribution in [3.8, 4) is 11.5 Å². The van der Waals surface area contributed by atoms with Crippen LogP contribution in [0.25, 0.3) is 5.76 Å². The Hall–Kier alpha value is -3.28. The summed E-state index contributed by atoms with van der Waals surface area (Å²) >= 11 is 0. The first-order chi connectivity index (χ1) is 12.0. The second-order valence-electron chi connectivity index (χ2n) is 5.03. The van der Waals surface area contributed by atoms with Crippen LogP contribution in [0.3, 0.4) is 0 Å². The van der Waals surface area contributed by atoms with E-state index in [1.54, 1.807) is 12.1 Å². The molecule has 0 fully saturated rings. The summed E-state index contributed by atoms with van der Waals surface area (Å²) in [4.78, 5) is 22.6. The topological polar surface area (TPSA) is 82.1 Å². The van der Waals surface area contributed by atoms with E-state index >= 15 is 0 Å². The lowest BCUT2D eigenvalue weighted by atomic mass is 10.1. The lowest BCUT2D eigenvalue weighted by Crippen LogP contribution is -2.13. The third kappa shape index (κ3) is 4.84. The summed E-state index contributed by atoms with van der Waals surface area (Å²) in [6, 6.07) is 14.2. The van der Waals surface area contributed by atoms with Gasteiger partial charge in [-0.05, 0) is 23.8 Å². The number of methoxy groups -OCH3 is 2. The highest BCUT2D eigenvalue weighted by Crippen LogP contribution is 2.30. The third-order valence-corrected chi connectivity index (χ3v) is 3.35. The molecule has 0 aliphatic carbocycles. The summed E-state index contributed by atoms with van der Waals surface area (Å²) < 4.78 is 15.3. The molecule has 0 saturated carbocycles. The maximum Gasteiger partial charge on any atom is 0.378 e. The first-order valence-electron chi connectivity index (χ1n) is 7.43. The van der Waals surface area contributed by atoms with Gasteiger partial charge in [-0.2, -0.15) is 0 Å². The smallest absolute Gasteiger partial charge is 0.378 e. The van der Waals surface area contributed by atoms with Crippen LogP contribution in [0.5, 0.6) is 11.5 Å².